The Morgan fingerprint density at radius 2 is 1.62 bits per heavy atom. The van der Waals surface area contributed by atoms with Crippen molar-refractivity contribution in [2.24, 2.45) is 5.73 Å². The molecule has 0 atom stereocenters. The SMILES string of the molecule is NCCCC#Cc1c(Cl)c(Cl)cc(Cl)c1Cl. The molecule has 0 saturated carbocycles. The van der Waals surface area contributed by atoms with Crippen LogP contribution < -0.4 is 5.73 Å². The molecule has 0 radical (unpaired) electrons. The molecule has 0 amide bonds. The third-order valence-electron chi connectivity index (χ3n) is 1.83. The van der Waals surface area contributed by atoms with Gasteiger partial charge in [-0.2, -0.15) is 0 Å². The number of halogens is 4. The molecule has 5 heteroatoms. The van der Waals surface area contributed by atoms with Gasteiger partial charge in [-0.1, -0.05) is 58.2 Å². The Balaban J connectivity index is 3.06. The zero-order valence-electron chi connectivity index (χ0n) is 8.29. The molecule has 0 spiro atoms. The molecule has 0 fully saturated rings. The number of unbranched alkanes of at least 4 members (excludes halogenated alkanes) is 1. The van der Waals surface area contributed by atoms with Crippen molar-refractivity contribution in [3.8, 4) is 11.8 Å². The smallest absolute Gasteiger partial charge is 0.0764 e. The van der Waals surface area contributed by atoms with Crippen LogP contribution in [0.2, 0.25) is 20.1 Å². The van der Waals surface area contributed by atoms with E-state index in [1.807, 2.05) is 0 Å². The quantitative estimate of drug-likeness (QED) is 0.489. The van der Waals surface area contributed by atoms with E-state index in [-0.39, 0.29) is 0 Å². The first-order chi connectivity index (χ1) is 7.57. The minimum absolute atomic E-state index is 0.330. The maximum Gasteiger partial charge on any atom is 0.0764 e. The Bertz CT molecular complexity index is 419. The van der Waals surface area contributed by atoms with Crippen molar-refractivity contribution < 1.29 is 0 Å². The Morgan fingerprint density at radius 3 is 2.12 bits per heavy atom. The highest BCUT2D eigenvalue weighted by atomic mass is 35.5. The van der Waals surface area contributed by atoms with Crippen molar-refractivity contribution in [3.05, 3.63) is 31.7 Å². The van der Waals surface area contributed by atoms with E-state index in [4.69, 9.17) is 52.1 Å². The summed E-state index contributed by atoms with van der Waals surface area (Å²) in [5.74, 6) is 5.78. The van der Waals surface area contributed by atoms with Crippen LogP contribution in [0.15, 0.2) is 6.07 Å². The van der Waals surface area contributed by atoms with Crippen LogP contribution in [0.1, 0.15) is 18.4 Å². The Labute approximate surface area is 115 Å². The molecule has 1 rings (SSSR count). The van der Waals surface area contributed by atoms with Crippen LogP contribution in [0.25, 0.3) is 0 Å². The van der Waals surface area contributed by atoms with Gasteiger partial charge in [0.05, 0.1) is 25.7 Å². The van der Waals surface area contributed by atoms with E-state index in [0.29, 0.717) is 38.6 Å². The normalized spacial score (nSPS) is 9.81. The zero-order valence-corrected chi connectivity index (χ0v) is 11.3. The molecule has 0 aliphatic rings. The molecular weight excluding hydrogens is 288 g/mol. The Hall–Kier alpha value is -0.100. The van der Waals surface area contributed by atoms with E-state index >= 15 is 0 Å². The highest BCUT2D eigenvalue weighted by molar-refractivity contribution is 6.48. The van der Waals surface area contributed by atoms with E-state index in [0.717, 1.165) is 6.42 Å². The highest BCUT2D eigenvalue weighted by Gasteiger charge is 2.11. The number of rotatable bonds is 2. The molecule has 16 heavy (non-hydrogen) atoms. The Morgan fingerprint density at radius 1 is 1.06 bits per heavy atom. The van der Waals surface area contributed by atoms with Gasteiger partial charge in [0.1, 0.15) is 0 Å². The van der Waals surface area contributed by atoms with Gasteiger partial charge in [0, 0.05) is 6.42 Å². The standard InChI is InChI=1S/C11H9Cl4N/c12-8-6-9(13)11(15)7(10(8)14)4-2-1-3-5-16/h6H,1,3,5,16H2. The maximum absolute atomic E-state index is 5.98. The van der Waals surface area contributed by atoms with E-state index < -0.39 is 0 Å². The maximum atomic E-state index is 5.98. The summed E-state index contributed by atoms with van der Waals surface area (Å²) in [5.41, 5.74) is 5.82. The van der Waals surface area contributed by atoms with Crippen molar-refractivity contribution in [2.75, 3.05) is 6.54 Å². The van der Waals surface area contributed by atoms with Crippen LogP contribution in [-0.4, -0.2) is 6.54 Å². The minimum atomic E-state index is 0.330. The van der Waals surface area contributed by atoms with Crippen molar-refractivity contribution in [2.45, 2.75) is 12.8 Å². The molecule has 2 N–H and O–H groups in total. The van der Waals surface area contributed by atoms with Gasteiger partial charge in [0.2, 0.25) is 0 Å². The largest absolute Gasteiger partial charge is 0.330 e. The van der Waals surface area contributed by atoms with Gasteiger partial charge >= 0.3 is 0 Å². The molecule has 0 unspecified atom stereocenters. The van der Waals surface area contributed by atoms with Gasteiger partial charge < -0.3 is 5.73 Å². The van der Waals surface area contributed by atoms with Gasteiger partial charge in [-0.25, -0.2) is 0 Å². The van der Waals surface area contributed by atoms with Gasteiger partial charge in [-0.05, 0) is 19.0 Å². The van der Waals surface area contributed by atoms with Crippen molar-refractivity contribution in [1.82, 2.24) is 0 Å². The molecule has 0 aromatic heterocycles. The lowest BCUT2D eigenvalue weighted by Crippen LogP contribution is -1.96. The van der Waals surface area contributed by atoms with Crippen LogP contribution in [0.3, 0.4) is 0 Å². The summed E-state index contributed by atoms with van der Waals surface area (Å²) in [6.45, 7) is 0.604. The predicted octanol–water partition coefficient (Wildman–Crippen LogP) is 4.39. The molecule has 1 nitrogen and oxygen atoms in total. The summed E-state index contributed by atoms with van der Waals surface area (Å²) < 4.78 is 0. The number of nitrogens with two attached hydrogens (primary N) is 1. The van der Waals surface area contributed by atoms with E-state index in [1.54, 1.807) is 0 Å². The molecule has 0 saturated heterocycles. The topological polar surface area (TPSA) is 26.0 Å². The third-order valence-corrected chi connectivity index (χ3v) is 3.41. The first kappa shape index (κ1) is 14.0. The Kier molecular flexibility index (Phi) is 5.75. The fraction of sp³-hybridized carbons (Fsp3) is 0.273. The summed E-state index contributed by atoms with van der Waals surface area (Å²) in [6.07, 6.45) is 1.52. The van der Waals surface area contributed by atoms with E-state index in [2.05, 4.69) is 11.8 Å². The lowest BCUT2D eigenvalue weighted by atomic mass is 10.2. The van der Waals surface area contributed by atoms with E-state index in [1.165, 1.54) is 6.07 Å². The van der Waals surface area contributed by atoms with Gasteiger partial charge in [0.25, 0.3) is 0 Å². The predicted molar refractivity (Wildman–Crippen MR) is 71.6 cm³/mol. The van der Waals surface area contributed by atoms with Crippen molar-refractivity contribution >= 4 is 46.4 Å². The van der Waals surface area contributed by atoms with Crippen LogP contribution >= 0.6 is 46.4 Å². The van der Waals surface area contributed by atoms with Crippen LogP contribution in [0.5, 0.6) is 0 Å². The average Bonchev–Trinajstić information content (AvgIpc) is 2.25. The fourth-order valence-electron chi connectivity index (χ4n) is 1.02. The summed E-state index contributed by atoms with van der Waals surface area (Å²) in [5, 5.41) is 1.35. The van der Waals surface area contributed by atoms with E-state index in [9.17, 15) is 0 Å². The fourth-order valence-corrected chi connectivity index (χ4v) is 1.93. The monoisotopic (exact) mass is 295 g/mol. The number of benzene rings is 1. The van der Waals surface area contributed by atoms with Crippen molar-refractivity contribution in [3.63, 3.8) is 0 Å². The summed E-state index contributed by atoms with van der Waals surface area (Å²) in [4.78, 5) is 0. The van der Waals surface area contributed by atoms with Gasteiger partial charge in [-0.3, -0.25) is 0 Å². The second-order valence-electron chi connectivity index (χ2n) is 3.04. The van der Waals surface area contributed by atoms with Crippen LogP contribution in [0, 0.1) is 11.8 Å². The average molecular weight is 297 g/mol. The molecule has 0 bridgehead atoms. The third kappa shape index (κ3) is 3.45. The molecule has 0 aliphatic carbocycles. The van der Waals surface area contributed by atoms with Crippen LogP contribution in [0.4, 0.5) is 0 Å². The second-order valence-corrected chi connectivity index (χ2v) is 4.61. The van der Waals surface area contributed by atoms with Crippen molar-refractivity contribution in [1.29, 1.82) is 0 Å². The molecule has 0 aliphatic heterocycles. The molecule has 86 valence electrons. The highest BCUT2D eigenvalue weighted by Crippen LogP contribution is 2.36. The van der Waals surface area contributed by atoms with Gasteiger partial charge in [0.15, 0.2) is 0 Å². The number of hydrogen-bond donors (Lipinski definition) is 1. The summed E-state index contributed by atoms with van der Waals surface area (Å²) >= 11 is 23.7. The van der Waals surface area contributed by atoms with Crippen LogP contribution in [-0.2, 0) is 0 Å². The molecule has 0 heterocycles. The summed E-state index contributed by atoms with van der Waals surface area (Å²) in [7, 11) is 0. The molecule has 1 aromatic rings. The molecule has 1 aromatic carbocycles. The first-order valence-corrected chi connectivity index (χ1v) is 6.11. The first-order valence-electron chi connectivity index (χ1n) is 4.60. The van der Waals surface area contributed by atoms with Gasteiger partial charge in [-0.15, -0.1) is 0 Å². The minimum Gasteiger partial charge on any atom is -0.330 e. The lowest BCUT2D eigenvalue weighted by molar-refractivity contribution is 0.870. The summed E-state index contributed by atoms with van der Waals surface area (Å²) in [6, 6.07) is 1.50. The lowest BCUT2D eigenvalue weighted by Gasteiger charge is -2.04. The zero-order chi connectivity index (χ0) is 12.1. The molecular formula is C11H9Cl4N. The number of hydrogen-bond acceptors (Lipinski definition) is 1. The second kappa shape index (κ2) is 6.59.